The van der Waals surface area contributed by atoms with Gasteiger partial charge in [-0.1, -0.05) is 5.16 Å². The van der Waals surface area contributed by atoms with Gasteiger partial charge in [0.25, 0.3) is 5.91 Å². The number of aromatic nitrogens is 1. The molecule has 0 aliphatic heterocycles. The topological polar surface area (TPSA) is 106 Å². The summed E-state index contributed by atoms with van der Waals surface area (Å²) in [5.74, 6) is -1.07. The average Bonchev–Trinajstić information content (AvgIpc) is 2.96. The first-order valence-electron chi connectivity index (χ1n) is 5.95. The number of hydrogen-bond acceptors (Lipinski definition) is 5. The van der Waals surface area contributed by atoms with Gasteiger partial charge in [0.1, 0.15) is 12.0 Å². The Morgan fingerprint density at radius 3 is 2.60 bits per heavy atom. The van der Waals surface area contributed by atoms with Crippen LogP contribution in [0, 0.1) is 13.8 Å². The highest BCUT2D eigenvalue weighted by Gasteiger charge is 2.21. The summed E-state index contributed by atoms with van der Waals surface area (Å²) >= 11 is 0. The number of nitrogens with one attached hydrogen (secondary N) is 1. The smallest absolute Gasteiger partial charge is 0.338 e. The van der Waals surface area contributed by atoms with Crippen molar-refractivity contribution in [1.82, 2.24) is 10.5 Å². The second-order valence-corrected chi connectivity index (χ2v) is 4.44. The summed E-state index contributed by atoms with van der Waals surface area (Å²) in [6, 6.07) is 0.852. The van der Waals surface area contributed by atoms with Gasteiger partial charge in [-0.05, 0) is 20.8 Å². The maximum Gasteiger partial charge on any atom is 0.338 e. The number of rotatable bonds is 4. The molecule has 0 bridgehead atoms. The standard InChI is InChI=1S/C13H14N2O5/c1-6(11-7(2)15-20-8(11)3)14-12(16)10-4-9(5-19-10)13(17)18/h4-6H,1-3H3,(H,14,16)(H,17,18). The van der Waals surface area contributed by atoms with Crippen LogP contribution in [0.5, 0.6) is 0 Å². The number of furan rings is 1. The lowest BCUT2D eigenvalue weighted by atomic mass is 10.1. The van der Waals surface area contributed by atoms with Crippen LogP contribution in [-0.2, 0) is 0 Å². The van der Waals surface area contributed by atoms with E-state index in [1.54, 1.807) is 20.8 Å². The van der Waals surface area contributed by atoms with Gasteiger partial charge in [0, 0.05) is 11.6 Å². The van der Waals surface area contributed by atoms with E-state index in [0.29, 0.717) is 11.5 Å². The van der Waals surface area contributed by atoms with Gasteiger partial charge in [0.05, 0.1) is 17.3 Å². The van der Waals surface area contributed by atoms with Crippen molar-refractivity contribution in [1.29, 1.82) is 0 Å². The zero-order chi connectivity index (χ0) is 14.9. The number of carbonyl (C=O) groups excluding carboxylic acids is 1. The highest BCUT2D eigenvalue weighted by Crippen LogP contribution is 2.21. The van der Waals surface area contributed by atoms with E-state index in [9.17, 15) is 9.59 Å². The minimum absolute atomic E-state index is 0.0546. The van der Waals surface area contributed by atoms with Crippen LogP contribution in [0.25, 0.3) is 0 Å². The Labute approximate surface area is 114 Å². The lowest BCUT2D eigenvalue weighted by Gasteiger charge is -2.12. The highest BCUT2D eigenvalue weighted by atomic mass is 16.5. The third kappa shape index (κ3) is 2.56. The Bertz CT molecular complexity index is 636. The van der Waals surface area contributed by atoms with Crippen LogP contribution >= 0.6 is 0 Å². The molecule has 0 aliphatic carbocycles. The van der Waals surface area contributed by atoms with Gasteiger partial charge >= 0.3 is 5.97 Å². The summed E-state index contributed by atoms with van der Waals surface area (Å²) in [5, 5.41) is 15.3. The lowest BCUT2D eigenvalue weighted by Crippen LogP contribution is -2.26. The zero-order valence-electron chi connectivity index (χ0n) is 11.3. The minimum atomic E-state index is -1.15. The van der Waals surface area contributed by atoms with E-state index in [1.165, 1.54) is 6.07 Å². The van der Waals surface area contributed by atoms with E-state index < -0.39 is 11.9 Å². The molecule has 2 N–H and O–H groups in total. The monoisotopic (exact) mass is 278 g/mol. The molecule has 1 unspecified atom stereocenters. The zero-order valence-corrected chi connectivity index (χ0v) is 11.3. The van der Waals surface area contributed by atoms with Crippen molar-refractivity contribution >= 4 is 11.9 Å². The SMILES string of the molecule is Cc1noc(C)c1C(C)NC(=O)c1cc(C(=O)O)co1. The summed E-state index contributed by atoms with van der Waals surface area (Å²) in [7, 11) is 0. The molecule has 1 amide bonds. The number of carbonyl (C=O) groups is 2. The lowest BCUT2D eigenvalue weighted by molar-refractivity contribution is 0.0695. The number of carboxylic acids is 1. The maximum absolute atomic E-state index is 12.0. The predicted octanol–water partition coefficient (Wildman–Crippen LogP) is 2.07. The van der Waals surface area contributed by atoms with Crippen molar-refractivity contribution in [2.45, 2.75) is 26.8 Å². The Morgan fingerprint density at radius 2 is 2.10 bits per heavy atom. The Kier molecular flexibility index (Phi) is 3.60. The molecule has 1 atom stereocenters. The van der Waals surface area contributed by atoms with Crippen LogP contribution < -0.4 is 5.32 Å². The molecule has 0 saturated heterocycles. The Balaban J connectivity index is 2.13. The van der Waals surface area contributed by atoms with Crippen molar-refractivity contribution in [3.05, 3.63) is 40.7 Å². The number of aryl methyl sites for hydroxylation is 2. The molecule has 0 aliphatic rings. The second kappa shape index (κ2) is 5.20. The average molecular weight is 278 g/mol. The van der Waals surface area contributed by atoms with E-state index in [1.807, 2.05) is 0 Å². The third-order valence-corrected chi connectivity index (χ3v) is 2.94. The van der Waals surface area contributed by atoms with Crippen LogP contribution in [0.4, 0.5) is 0 Å². The number of amides is 1. The van der Waals surface area contributed by atoms with Gasteiger partial charge < -0.3 is 19.4 Å². The van der Waals surface area contributed by atoms with Crippen molar-refractivity contribution in [3.8, 4) is 0 Å². The molecule has 7 nitrogen and oxygen atoms in total. The molecule has 2 heterocycles. The molecule has 0 spiro atoms. The van der Waals surface area contributed by atoms with Crippen molar-refractivity contribution in [2.24, 2.45) is 0 Å². The fraction of sp³-hybridized carbons (Fsp3) is 0.308. The summed E-state index contributed by atoms with van der Waals surface area (Å²) in [6.07, 6.45) is 1.03. The molecular weight excluding hydrogens is 264 g/mol. The Hall–Kier alpha value is -2.57. The highest BCUT2D eigenvalue weighted by molar-refractivity contribution is 5.95. The molecule has 2 aromatic heterocycles. The summed E-state index contributed by atoms with van der Waals surface area (Å²) in [4.78, 5) is 22.7. The van der Waals surface area contributed by atoms with Crippen molar-refractivity contribution in [2.75, 3.05) is 0 Å². The van der Waals surface area contributed by atoms with Gasteiger partial charge in [-0.25, -0.2) is 4.79 Å². The van der Waals surface area contributed by atoms with E-state index in [-0.39, 0.29) is 17.4 Å². The summed E-state index contributed by atoms with van der Waals surface area (Å²) in [5.41, 5.74) is 1.42. The maximum atomic E-state index is 12.0. The summed E-state index contributed by atoms with van der Waals surface area (Å²) in [6.45, 7) is 5.32. The molecule has 2 rings (SSSR count). The van der Waals surface area contributed by atoms with Crippen LogP contribution in [0.1, 0.15) is 50.9 Å². The molecule has 2 aromatic rings. The minimum Gasteiger partial charge on any atom is -0.478 e. The first-order valence-corrected chi connectivity index (χ1v) is 5.95. The van der Waals surface area contributed by atoms with Gasteiger partial charge in [-0.2, -0.15) is 0 Å². The largest absolute Gasteiger partial charge is 0.478 e. The first kappa shape index (κ1) is 13.9. The molecule has 0 aromatic carbocycles. The normalized spacial score (nSPS) is 12.2. The van der Waals surface area contributed by atoms with Crippen LogP contribution in [0.15, 0.2) is 21.3 Å². The van der Waals surface area contributed by atoms with Crippen LogP contribution in [-0.4, -0.2) is 22.1 Å². The summed E-state index contributed by atoms with van der Waals surface area (Å²) < 4.78 is 9.97. The predicted molar refractivity (Wildman–Crippen MR) is 67.5 cm³/mol. The van der Waals surface area contributed by atoms with Gasteiger partial charge in [-0.3, -0.25) is 4.79 Å². The molecule has 0 fully saturated rings. The molecular formula is C13H14N2O5. The van der Waals surface area contributed by atoms with E-state index in [4.69, 9.17) is 14.0 Å². The van der Waals surface area contributed by atoms with E-state index in [0.717, 1.165) is 11.8 Å². The second-order valence-electron chi connectivity index (χ2n) is 4.44. The quantitative estimate of drug-likeness (QED) is 0.886. The molecule has 0 saturated carbocycles. The fourth-order valence-electron chi connectivity index (χ4n) is 2.02. The number of nitrogens with zero attached hydrogens (tertiary/aromatic N) is 1. The van der Waals surface area contributed by atoms with Gasteiger partial charge in [0.15, 0.2) is 5.76 Å². The third-order valence-electron chi connectivity index (χ3n) is 2.94. The molecule has 0 radical (unpaired) electrons. The number of aromatic carboxylic acids is 1. The number of carboxylic acid groups (broad SMARTS) is 1. The first-order chi connectivity index (χ1) is 9.40. The van der Waals surface area contributed by atoms with E-state index in [2.05, 4.69) is 10.5 Å². The number of hydrogen-bond donors (Lipinski definition) is 2. The fourth-order valence-corrected chi connectivity index (χ4v) is 2.02. The van der Waals surface area contributed by atoms with Crippen LogP contribution in [0.2, 0.25) is 0 Å². The van der Waals surface area contributed by atoms with Gasteiger partial charge in [0.2, 0.25) is 0 Å². The van der Waals surface area contributed by atoms with Crippen LogP contribution in [0.3, 0.4) is 0 Å². The molecule has 106 valence electrons. The van der Waals surface area contributed by atoms with Gasteiger partial charge in [-0.15, -0.1) is 0 Å². The Morgan fingerprint density at radius 1 is 1.40 bits per heavy atom. The molecule has 7 heteroatoms. The van der Waals surface area contributed by atoms with Crippen molar-refractivity contribution in [3.63, 3.8) is 0 Å². The molecule has 20 heavy (non-hydrogen) atoms. The van der Waals surface area contributed by atoms with E-state index >= 15 is 0 Å². The van der Waals surface area contributed by atoms with Crippen molar-refractivity contribution < 1.29 is 23.6 Å².